The molecule has 68 valence electrons. The molecular formula is C9H19FO. The topological polar surface area (TPSA) is 20.2 Å². The Morgan fingerprint density at radius 1 is 1.45 bits per heavy atom. The predicted octanol–water partition coefficient (Wildman–Crippen LogP) is 2.53. The maximum Gasteiger partial charge on any atom is 0.118 e. The minimum atomic E-state index is -1.09. The third kappa shape index (κ3) is 6.29. The second-order valence-corrected chi connectivity index (χ2v) is 3.92. The van der Waals surface area contributed by atoms with Gasteiger partial charge in [-0.25, -0.2) is 4.39 Å². The van der Waals surface area contributed by atoms with E-state index < -0.39 is 12.3 Å². The van der Waals surface area contributed by atoms with E-state index in [0.29, 0.717) is 12.3 Å². The normalized spacial score (nSPS) is 16.9. The average Bonchev–Trinajstić information content (AvgIpc) is 1.87. The first kappa shape index (κ1) is 10.9. The van der Waals surface area contributed by atoms with Gasteiger partial charge in [0.15, 0.2) is 0 Å². The Bertz CT molecular complexity index is 99.7. The van der Waals surface area contributed by atoms with Crippen LogP contribution in [0.15, 0.2) is 0 Å². The molecule has 1 N–H and O–H groups in total. The Labute approximate surface area is 68.6 Å². The van der Waals surface area contributed by atoms with Crippen LogP contribution in [-0.4, -0.2) is 17.4 Å². The number of rotatable bonds is 5. The van der Waals surface area contributed by atoms with Gasteiger partial charge in [-0.2, -0.15) is 0 Å². The average molecular weight is 162 g/mol. The highest BCUT2D eigenvalue weighted by Gasteiger charge is 2.18. The second kappa shape index (κ2) is 4.70. The molecule has 0 aliphatic carbocycles. The molecule has 0 spiro atoms. The van der Waals surface area contributed by atoms with Crippen LogP contribution < -0.4 is 0 Å². The fourth-order valence-electron chi connectivity index (χ4n) is 0.958. The van der Waals surface area contributed by atoms with E-state index >= 15 is 0 Å². The lowest BCUT2D eigenvalue weighted by molar-refractivity contribution is 0.0224. The summed E-state index contributed by atoms with van der Waals surface area (Å²) >= 11 is 0. The maximum absolute atomic E-state index is 12.0. The molecule has 0 aromatic rings. The summed E-state index contributed by atoms with van der Waals surface area (Å²) in [4.78, 5) is 0. The van der Waals surface area contributed by atoms with E-state index in [-0.39, 0.29) is 0 Å². The molecule has 0 rings (SSSR count). The molecule has 0 aromatic carbocycles. The molecule has 0 bridgehead atoms. The van der Waals surface area contributed by atoms with Crippen LogP contribution in [0.2, 0.25) is 0 Å². The number of hydrogen-bond acceptors (Lipinski definition) is 1. The smallest absolute Gasteiger partial charge is 0.118 e. The Hall–Kier alpha value is -0.110. The molecule has 0 aliphatic rings. The highest BCUT2D eigenvalue weighted by Crippen LogP contribution is 2.16. The molecule has 11 heavy (non-hydrogen) atoms. The summed E-state index contributed by atoms with van der Waals surface area (Å²) in [5, 5.41) is 9.26. The molecule has 0 saturated carbocycles. The molecule has 0 fully saturated rings. The molecule has 1 atom stereocenters. The van der Waals surface area contributed by atoms with E-state index in [1.165, 1.54) is 0 Å². The van der Waals surface area contributed by atoms with Crippen LogP contribution in [0.3, 0.4) is 0 Å². The largest absolute Gasteiger partial charge is 0.387 e. The third-order valence-electron chi connectivity index (χ3n) is 1.78. The SMILES string of the molecule is CC(C)CCCC(C)(O)CF. The summed E-state index contributed by atoms with van der Waals surface area (Å²) in [6.07, 6.45) is 2.55. The molecule has 0 radical (unpaired) electrons. The van der Waals surface area contributed by atoms with Crippen LogP contribution in [-0.2, 0) is 0 Å². The van der Waals surface area contributed by atoms with Crippen LogP contribution in [0.25, 0.3) is 0 Å². The molecule has 0 heterocycles. The lowest BCUT2D eigenvalue weighted by Gasteiger charge is -2.19. The van der Waals surface area contributed by atoms with Crippen molar-refractivity contribution in [3.8, 4) is 0 Å². The molecule has 1 unspecified atom stereocenters. The van der Waals surface area contributed by atoms with E-state index in [4.69, 9.17) is 0 Å². The van der Waals surface area contributed by atoms with Crippen LogP contribution >= 0.6 is 0 Å². The zero-order valence-corrected chi connectivity index (χ0v) is 7.73. The minimum Gasteiger partial charge on any atom is -0.387 e. The molecule has 1 nitrogen and oxygen atoms in total. The molecule has 0 saturated heterocycles. The Kier molecular flexibility index (Phi) is 4.66. The van der Waals surface area contributed by atoms with Gasteiger partial charge in [-0.15, -0.1) is 0 Å². The summed E-state index contributed by atoms with van der Waals surface area (Å²) in [5.74, 6) is 0.644. The first-order valence-corrected chi connectivity index (χ1v) is 4.26. The fourth-order valence-corrected chi connectivity index (χ4v) is 0.958. The van der Waals surface area contributed by atoms with Gasteiger partial charge in [-0.1, -0.05) is 26.7 Å². The number of halogens is 1. The molecule has 2 heteroatoms. The van der Waals surface area contributed by atoms with Gasteiger partial charge in [0.25, 0.3) is 0 Å². The second-order valence-electron chi connectivity index (χ2n) is 3.92. The van der Waals surface area contributed by atoms with Crippen molar-refractivity contribution in [3.63, 3.8) is 0 Å². The van der Waals surface area contributed by atoms with Crippen LogP contribution in [0, 0.1) is 5.92 Å². The lowest BCUT2D eigenvalue weighted by Crippen LogP contribution is -2.26. The van der Waals surface area contributed by atoms with Gasteiger partial charge in [0, 0.05) is 0 Å². The minimum absolute atomic E-state index is 0.571. The van der Waals surface area contributed by atoms with E-state index in [0.717, 1.165) is 12.8 Å². The Morgan fingerprint density at radius 3 is 2.36 bits per heavy atom. The standard InChI is InChI=1S/C9H19FO/c1-8(2)5-4-6-9(3,11)7-10/h8,11H,4-7H2,1-3H3. The van der Waals surface area contributed by atoms with E-state index in [1.54, 1.807) is 6.92 Å². The van der Waals surface area contributed by atoms with Crippen molar-refractivity contribution < 1.29 is 9.50 Å². The van der Waals surface area contributed by atoms with Gasteiger partial charge >= 0.3 is 0 Å². The van der Waals surface area contributed by atoms with E-state index in [9.17, 15) is 9.50 Å². The van der Waals surface area contributed by atoms with Crippen molar-refractivity contribution in [2.75, 3.05) is 6.67 Å². The molecule has 0 aromatic heterocycles. The highest BCUT2D eigenvalue weighted by molar-refractivity contribution is 4.70. The monoisotopic (exact) mass is 162 g/mol. The van der Waals surface area contributed by atoms with Gasteiger partial charge in [-0.3, -0.25) is 0 Å². The first-order valence-electron chi connectivity index (χ1n) is 4.26. The molecule has 0 amide bonds. The van der Waals surface area contributed by atoms with Gasteiger partial charge < -0.3 is 5.11 Å². The summed E-state index contributed by atoms with van der Waals surface area (Å²) in [5.41, 5.74) is -1.09. The Morgan fingerprint density at radius 2 is 2.00 bits per heavy atom. The summed E-state index contributed by atoms with van der Waals surface area (Å²) in [6.45, 7) is 5.17. The lowest BCUT2D eigenvalue weighted by atomic mass is 9.97. The van der Waals surface area contributed by atoms with Crippen molar-refractivity contribution >= 4 is 0 Å². The zero-order chi connectivity index (χ0) is 8.91. The van der Waals surface area contributed by atoms with Crippen molar-refractivity contribution in [3.05, 3.63) is 0 Å². The summed E-state index contributed by atoms with van der Waals surface area (Å²) in [6, 6.07) is 0. The van der Waals surface area contributed by atoms with Gasteiger partial charge in [0.2, 0.25) is 0 Å². The highest BCUT2D eigenvalue weighted by atomic mass is 19.1. The van der Waals surface area contributed by atoms with E-state index in [1.807, 2.05) is 0 Å². The predicted molar refractivity (Wildman–Crippen MR) is 45.3 cm³/mol. The number of alkyl halides is 1. The van der Waals surface area contributed by atoms with Gasteiger partial charge in [-0.05, 0) is 19.3 Å². The third-order valence-corrected chi connectivity index (χ3v) is 1.78. The number of hydrogen-bond donors (Lipinski definition) is 1. The zero-order valence-electron chi connectivity index (χ0n) is 7.73. The van der Waals surface area contributed by atoms with E-state index in [2.05, 4.69) is 13.8 Å². The Balaban J connectivity index is 3.38. The van der Waals surface area contributed by atoms with Crippen LogP contribution in [0.1, 0.15) is 40.0 Å². The van der Waals surface area contributed by atoms with Gasteiger partial charge in [0.05, 0.1) is 5.60 Å². The first-order chi connectivity index (χ1) is 4.98. The van der Waals surface area contributed by atoms with Gasteiger partial charge in [0.1, 0.15) is 6.67 Å². The van der Waals surface area contributed by atoms with Crippen molar-refractivity contribution in [1.29, 1.82) is 0 Å². The van der Waals surface area contributed by atoms with Crippen molar-refractivity contribution in [2.24, 2.45) is 5.92 Å². The van der Waals surface area contributed by atoms with Crippen molar-refractivity contribution in [2.45, 2.75) is 45.6 Å². The molecule has 0 aliphatic heterocycles. The van der Waals surface area contributed by atoms with Crippen LogP contribution in [0.4, 0.5) is 4.39 Å². The van der Waals surface area contributed by atoms with Crippen LogP contribution in [0.5, 0.6) is 0 Å². The van der Waals surface area contributed by atoms with Crippen molar-refractivity contribution in [1.82, 2.24) is 0 Å². The quantitative estimate of drug-likeness (QED) is 0.658. The maximum atomic E-state index is 12.0. The fraction of sp³-hybridized carbons (Fsp3) is 1.00. The number of aliphatic hydroxyl groups is 1. The summed E-state index contributed by atoms with van der Waals surface area (Å²) in [7, 11) is 0. The summed E-state index contributed by atoms with van der Waals surface area (Å²) < 4.78 is 12.0. The molecular weight excluding hydrogens is 143 g/mol.